The standard InChI is InChI=1S/C21H29N7O.C15H20F3NO/c1-21(2,3)17-11-15-13-28(20(29)27-18(15)26-17)16-7-5-14(6-8-16)12-24-9-4-10-25-19(22)23;1-14(2,3)12-8-11(6-4-5-7-19)9-13(10-12)20-15(16,17)18/h5-8,11,13,24H,4,9-10,12H2,1-3H3,(H4,22,23,25)(H,26,27,29);4,6,8-10H,5,7,19H2,1-3H3. The average molecular weight is 683 g/mol. The van der Waals surface area contributed by atoms with E-state index in [9.17, 15) is 18.0 Å². The summed E-state index contributed by atoms with van der Waals surface area (Å²) in [6.45, 7) is 14.9. The number of fused-ring (bicyclic) bond motifs is 1. The molecular weight excluding hydrogens is 633 g/mol. The first-order valence-corrected chi connectivity index (χ1v) is 16.1. The van der Waals surface area contributed by atoms with Crippen molar-refractivity contribution in [3.05, 3.63) is 93.7 Å². The maximum Gasteiger partial charge on any atom is 0.573 e. The number of rotatable bonds is 11. The van der Waals surface area contributed by atoms with Crippen LogP contribution in [-0.2, 0) is 17.4 Å². The van der Waals surface area contributed by atoms with E-state index in [2.05, 4.69) is 51.9 Å². The molecule has 49 heavy (non-hydrogen) atoms. The Morgan fingerprint density at radius 1 is 1.02 bits per heavy atom. The topological polar surface area (TPSA) is 162 Å². The van der Waals surface area contributed by atoms with E-state index >= 15 is 0 Å². The van der Waals surface area contributed by atoms with E-state index < -0.39 is 6.36 Å². The number of hydrogen-bond donors (Lipinski definition) is 5. The van der Waals surface area contributed by atoms with E-state index in [0.717, 1.165) is 47.4 Å². The summed E-state index contributed by atoms with van der Waals surface area (Å²) < 4.78 is 42.7. The van der Waals surface area contributed by atoms with Crippen LogP contribution in [0.15, 0.2) is 70.6 Å². The van der Waals surface area contributed by atoms with Crippen LogP contribution in [-0.4, -0.2) is 46.5 Å². The summed E-state index contributed by atoms with van der Waals surface area (Å²) in [7, 11) is 0. The van der Waals surface area contributed by atoms with E-state index in [-0.39, 0.29) is 28.2 Å². The highest BCUT2D eigenvalue weighted by Gasteiger charge is 2.31. The number of aromatic amines is 1. The summed E-state index contributed by atoms with van der Waals surface area (Å²) in [4.78, 5) is 23.9. The third-order valence-corrected chi connectivity index (χ3v) is 7.34. The zero-order chi connectivity index (χ0) is 36.4. The maximum atomic E-state index is 12.5. The Hall–Kier alpha value is -4.62. The minimum atomic E-state index is -4.69. The van der Waals surface area contributed by atoms with Crippen molar-refractivity contribution in [3.63, 3.8) is 0 Å². The molecule has 0 fully saturated rings. The Morgan fingerprint density at radius 3 is 2.31 bits per heavy atom. The van der Waals surface area contributed by atoms with Crippen LogP contribution in [0.3, 0.4) is 0 Å². The van der Waals surface area contributed by atoms with Crippen molar-refractivity contribution >= 4 is 23.1 Å². The molecule has 0 aliphatic heterocycles. The number of nitrogens with zero attached hydrogens (tertiary/aromatic N) is 3. The van der Waals surface area contributed by atoms with Crippen LogP contribution in [0, 0.1) is 0 Å². The minimum Gasteiger partial charge on any atom is -0.406 e. The van der Waals surface area contributed by atoms with Gasteiger partial charge in [-0.15, -0.1) is 13.2 Å². The molecule has 0 aliphatic rings. The molecule has 0 aliphatic carbocycles. The molecule has 0 saturated carbocycles. The first-order valence-electron chi connectivity index (χ1n) is 16.1. The molecule has 0 atom stereocenters. The van der Waals surface area contributed by atoms with Gasteiger partial charge >= 0.3 is 12.1 Å². The van der Waals surface area contributed by atoms with Gasteiger partial charge in [-0.2, -0.15) is 4.98 Å². The predicted octanol–water partition coefficient (Wildman–Crippen LogP) is 6.01. The first-order chi connectivity index (χ1) is 22.9. The molecule has 0 spiro atoms. The predicted molar refractivity (Wildman–Crippen MR) is 192 cm³/mol. The lowest BCUT2D eigenvalue weighted by Gasteiger charge is -2.21. The minimum absolute atomic E-state index is 0.0352. The fourth-order valence-corrected chi connectivity index (χ4v) is 4.66. The second kappa shape index (κ2) is 16.7. The molecule has 2 aromatic carbocycles. The lowest BCUT2D eigenvalue weighted by molar-refractivity contribution is -0.274. The molecule has 4 rings (SSSR count). The van der Waals surface area contributed by atoms with Crippen molar-refractivity contribution in [3.8, 4) is 11.4 Å². The number of alkyl halides is 3. The largest absolute Gasteiger partial charge is 0.573 e. The van der Waals surface area contributed by atoms with Crippen LogP contribution in [0.1, 0.15) is 76.8 Å². The number of nitrogens with one attached hydrogen (secondary N) is 2. The Morgan fingerprint density at radius 2 is 1.71 bits per heavy atom. The van der Waals surface area contributed by atoms with Gasteiger partial charge < -0.3 is 32.2 Å². The Labute approximate surface area is 285 Å². The number of hydrogen-bond acceptors (Lipinski definition) is 6. The number of benzene rings is 2. The molecule has 4 aromatic rings. The molecule has 0 radical (unpaired) electrons. The molecule has 13 heteroatoms. The van der Waals surface area contributed by atoms with Crippen molar-refractivity contribution < 1.29 is 17.9 Å². The van der Waals surface area contributed by atoms with Crippen LogP contribution < -0.4 is 32.9 Å². The molecule has 0 saturated heterocycles. The van der Waals surface area contributed by atoms with Crippen molar-refractivity contribution in [2.75, 3.05) is 19.6 Å². The summed E-state index contributed by atoms with van der Waals surface area (Å²) in [6, 6.07) is 14.6. The SMILES string of the molecule is CC(C)(C)c1cc(C=CCCN)cc(OC(F)(F)F)c1.CC(C)(C)c1cc2cn(-c3ccc(CNCCCN=C(N)N)cc3)c(=O)nc2[nH]1. The summed E-state index contributed by atoms with van der Waals surface area (Å²) in [5, 5.41) is 4.27. The third-order valence-electron chi connectivity index (χ3n) is 7.34. The fourth-order valence-electron chi connectivity index (χ4n) is 4.66. The number of nitrogens with two attached hydrogens (primary N) is 3. The van der Waals surface area contributed by atoms with E-state index in [1.54, 1.807) is 10.6 Å². The Bertz CT molecular complexity index is 1770. The molecule has 2 heterocycles. The molecule has 8 N–H and O–H groups in total. The van der Waals surface area contributed by atoms with Gasteiger partial charge in [-0.3, -0.25) is 9.56 Å². The van der Waals surface area contributed by atoms with Crippen molar-refractivity contribution in [1.82, 2.24) is 19.9 Å². The number of aromatic nitrogens is 3. The van der Waals surface area contributed by atoms with Gasteiger partial charge in [-0.05, 0) is 78.4 Å². The maximum absolute atomic E-state index is 12.5. The van der Waals surface area contributed by atoms with Gasteiger partial charge in [-0.1, -0.05) is 71.9 Å². The normalized spacial score (nSPS) is 12.2. The second-order valence-electron chi connectivity index (χ2n) is 13.7. The number of ether oxygens (including phenoxy) is 1. The van der Waals surface area contributed by atoms with Crippen molar-refractivity contribution in [1.29, 1.82) is 0 Å². The van der Waals surface area contributed by atoms with Crippen molar-refractivity contribution in [2.24, 2.45) is 22.2 Å². The Kier molecular flexibility index (Phi) is 13.2. The summed E-state index contributed by atoms with van der Waals surface area (Å²) >= 11 is 0. The molecular formula is C36H49F3N8O2. The lowest BCUT2D eigenvalue weighted by Crippen LogP contribution is -2.23. The lowest BCUT2D eigenvalue weighted by atomic mass is 9.86. The molecule has 0 amide bonds. The number of halogens is 3. The van der Waals surface area contributed by atoms with E-state index in [4.69, 9.17) is 17.2 Å². The number of H-pyrrole nitrogens is 1. The molecule has 0 unspecified atom stereocenters. The van der Waals surface area contributed by atoms with Crippen LogP contribution in [0.2, 0.25) is 0 Å². The van der Waals surface area contributed by atoms with Gasteiger partial charge in [0, 0.05) is 35.8 Å². The quantitative estimate of drug-likeness (QED) is 0.0735. The highest BCUT2D eigenvalue weighted by Crippen LogP contribution is 2.31. The molecule has 266 valence electrons. The molecule has 2 aromatic heterocycles. The van der Waals surface area contributed by atoms with Gasteiger partial charge in [0.25, 0.3) is 0 Å². The van der Waals surface area contributed by atoms with Gasteiger partial charge in [0.1, 0.15) is 11.4 Å². The number of guanidine groups is 1. The smallest absolute Gasteiger partial charge is 0.406 e. The highest BCUT2D eigenvalue weighted by atomic mass is 19.4. The summed E-state index contributed by atoms with van der Waals surface area (Å²) in [5.41, 5.74) is 20.4. The van der Waals surface area contributed by atoms with Gasteiger partial charge in [0.05, 0.1) is 5.69 Å². The van der Waals surface area contributed by atoms with Crippen molar-refractivity contribution in [2.45, 2.75) is 78.1 Å². The zero-order valence-corrected chi connectivity index (χ0v) is 29.1. The fraction of sp³-hybridized carbons (Fsp3) is 0.417. The van der Waals surface area contributed by atoms with Crippen LogP contribution in [0.4, 0.5) is 13.2 Å². The summed E-state index contributed by atoms with van der Waals surface area (Å²) in [5.74, 6) is -0.0740. The molecule has 0 bridgehead atoms. The van der Waals surface area contributed by atoms with Crippen LogP contribution >= 0.6 is 0 Å². The van der Waals surface area contributed by atoms with E-state index in [0.29, 0.717) is 30.7 Å². The van der Waals surface area contributed by atoms with E-state index in [1.807, 2.05) is 63.4 Å². The van der Waals surface area contributed by atoms with Crippen LogP contribution in [0.5, 0.6) is 5.75 Å². The highest BCUT2D eigenvalue weighted by molar-refractivity contribution is 5.76. The second-order valence-corrected chi connectivity index (χ2v) is 13.7. The van der Waals surface area contributed by atoms with Gasteiger partial charge in [0.2, 0.25) is 0 Å². The molecule has 10 nitrogen and oxygen atoms in total. The number of aliphatic imine (C=N–C) groups is 1. The third kappa shape index (κ3) is 12.7. The first kappa shape index (κ1) is 38.8. The van der Waals surface area contributed by atoms with Crippen LogP contribution in [0.25, 0.3) is 22.8 Å². The average Bonchev–Trinajstić information content (AvgIpc) is 3.41. The Balaban J connectivity index is 0.000000286. The zero-order valence-electron chi connectivity index (χ0n) is 29.1. The van der Waals surface area contributed by atoms with E-state index in [1.165, 1.54) is 12.1 Å². The summed E-state index contributed by atoms with van der Waals surface area (Å²) in [6.07, 6.45) is 2.28. The van der Waals surface area contributed by atoms with Gasteiger partial charge in [-0.25, -0.2) is 4.79 Å². The monoisotopic (exact) mass is 682 g/mol. The van der Waals surface area contributed by atoms with Gasteiger partial charge in [0.15, 0.2) is 5.96 Å².